The fourth-order valence-corrected chi connectivity index (χ4v) is 3.80. The molecule has 1 saturated carbocycles. The standard InChI is InChI=1S/C17H21NO3/c1-18(10-8-15(19)20)16(21)14-11-17(14)9-4-6-12-5-2-3-7-13(12)17/h2-3,5,7,14H,4,6,8-11H2,1H3,(H,19,20). The van der Waals surface area contributed by atoms with Gasteiger partial charge in [-0.1, -0.05) is 24.3 Å². The third-order valence-corrected chi connectivity index (χ3v) is 5.03. The van der Waals surface area contributed by atoms with Gasteiger partial charge in [-0.3, -0.25) is 9.59 Å². The van der Waals surface area contributed by atoms with Crippen molar-refractivity contribution < 1.29 is 14.7 Å². The Labute approximate surface area is 124 Å². The van der Waals surface area contributed by atoms with Gasteiger partial charge in [-0.25, -0.2) is 0 Å². The first-order valence-electron chi connectivity index (χ1n) is 7.60. The molecule has 4 heteroatoms. The van der Waals surface area contributed by atoms with Crippen molar-refractivity contribution in [3.05, 3.63) is 35.4 Å². The molecule has 112 valence electrons. The lowest BCUT2D eigenvalue weighted by Gasteiger charge is -2.27. The summed E-state index contributed by atoms with van der Waals surface area (Å²) in [6, 6.07) is 8.46. The zero-order valence-corrected chi connectivity index (χ0v) is 12.3. The molecule has 0 bridgehead atoms. The van der Waals surface area contributed by atoms with Gasteiger partial charge in [0.15, 0.2) is 0 Å². The van der Waals surface area contributed by atoms with Crippen LogP contribution in [0.2, 0.25) is 0 Å². The number of carboxylic acids is 1. The molecule has 2 aliphatic carbocycles. The molecule has 1 spiro atoms. The fourth-order valence-electron chi connectivity index (χ4n) is 3.80. The number of aliphatic carboxylic acids is 1. The van der Waals surface area contributed by atoms with Gasteiger partial charge in [-0.15, -0.1) is 0 Å². The Morgan fingerprint density at radius 3 is 2.90 bits per heavy atom. The fraction of sp³-hybridized carbons (Fsp3) is 0.529. The third kappa shape index (κ3) is 2.43. The number of rotatable bonds is 4. The highest BCUT2D eigenvalue weighted by Crippen LogP contribution is 2.60. The van der Waals surface area contributed by atoms with Crippen LogP contribution >= 0.6 is 0 Å². The van der Waals surface area contributed by atoms with Crippen molar-refractivity contribution in [1.82, 2.24) is 4.90 Å². The summed E-state index contributed by atoms with van der Waals surface area (Å²) in [4.78, 5) is 24.8. The molecule has 0 heterocycles. The SMILES string of the molecule is CN(CCC(=O)O)C(=O)C1CC12CCCc1ccccc12. The maximum Gasteiger partial charge on any atom is 0.305 e. The molecule has 0 radical (unpaired) electrons. The number of carboxylic acid groups (broad SMARTS) is 1. The van der Waals surface area contributed by atoms with Crippen molar-refractivity contribution in [2.24, 2.45) is 5.92 Å². The number of carbonyl (C=O) groups excluding carboxylic acids is 1. The van der Waals surface area contributed by atoms with Crippen molar-refractivity contribution in [3.63, 3.8) is 0 Å². The largest absolute Gasteiger partial charge is 0.481 e. The summed E-state index contributed by atoms with van der Waals surface area (Å²) in [5.74, 6) is -0.714. The summed E-state index contributed by atoms with van der Waals surface area (Å²) in [5.41, 5.74) is 2.76. The maximum atomic E-state index is 12.5. The quantitative estimate of drug-likeness (QED) is 0.923. The minimum absolute atomic E-state index is 0.0124. The number of hydrogen-bond donors (Lipinski definition) is 1. The molecule has 2 unspecified atom stereocenters. The Morgan fingerprint density at radius 2 is 2.14 bits per heavy atom. The lowest BCUT2D eigenvalue weighted by molar-refractivity contribution is -0.138. The number of fused-ring (bicyclic) bond motifs is 2. The van der Waals surface area contributed by atoms with E-state index in [-0.39, 0.29) is 23.7 Å². The van der Waals surface area contributed by atoms with Crippen LogP contribution in [-0.4, -0.2) is 35.5 Å². The van der Waals surface area contributed by atoms with E-state index in [2.05, 4.69) is 24.3 Å². The molecule has 0 aliphatic heterocycles. The Hall–Kier alpha value is -1.84. The van der Waals surface area contributed by atoms with Crippen LogP contribution in [0.4, 0.5) is 0 Å². The van der Waals surface area contributed by atoms with E-state index in [0.717, 1.165) is 25.7 Å². The van der Waals surface area contributed by atoms with Crippen LogP contribution in [0.25, 0.3) is 0 Å². The van der Waals surface area contributed by atoms with Crippen LogP contribution in [0, 0.1) is 5.92 Å². The molecule has 3 rings (SSSR count). The summed E-state index contributed by atoms with van der Waals surface area (Å²) in [7, 11) is 1.71. The number of nitrogens with zero attached hydrogens (tertiary/aromatic N) is 1. The molecule has 1 aromatic carbocycles. The monoisotopic (exact) mass is 287 g/mol. The van der Waals surface area contributed by atoms with E-state index < -0.39 is 5.97 Å². The van der Waals surface area contributed by atoms with Crippen molar-refractivity contribution in [2.45, 2.75) is 37.5 Å². The molecule has 2 atom stereocenters. The molecular formula is C17H21NO3. The molecule has 1 aromatic rings. The Bertz CT molecular complexity index is 583. The van der Waals surface area contributed by atoms with E-state index in [0.29, 0.717) is 6.54 Å². The predicted molar refractivity (Wildman–Crippen MR) is 79.1 cm³/mol. The van der Waals surface area contributed by atoms with Crippen molar-refractivity contribution in [3.8, 4) is 0 Å². The van der Waals surface area contributed by atoms with Crippen LogP contribution in [0.15, 0.2) is 24.3 Å². The summed E-state index contributed by atoms with van der Waals surface area (Å²) in [5, 5.41) is 8.73. The molecule has 0 saturated heterocycles. The normalized spacial score (nSPS) is 26.2. The van der Waals surface area contributed by atoms with Crippen molar-refractivity contribution in [1.29, 1.82) is 0 Å². The average Bonchev–Trinajstić information content (AvgIpc) is 3.19. The maximum absolute atomic E-state index is 12.5. The second kappa shape index (κ2) is 5.17. The number of hydrogen-bond acceptors (Lipinski definition) is 2. The third-order valence-electron chi connectivity index (χ3n) is 5.03. The van der Waals surface area contributed by atoms with Gasteiger partial charge in [0.05, 0.1) is 6.42 Å². The second-order valence-electron chi connectivity index (χ2n) is 6.33. The number of amides is 1. The van der Waals surface area contributed by atoms with Gasteiger partial charge < -0.3 is 10.0 Å². The topological polar surface area (TPSA) is 57.6 Å². The summed E-state index contributed by atoms with van der Waals surface area (Å²) in [6.07, 6.45) is 4.25. The van der Waals surface area contributed by atoms with Gasteiger partial charge >= 0.3 is 5.97 Å². The molecule has 0 aromatic heterocycles. The van der Waals surface area contributed by atoms with E-state index in [9.17, 15) is 9.59 Å². The van der Waals surface area contributed by atoms with Crippen LogP contribution in [0.1, 0.15) is 36.8 Å². The molecular weight excluding hydrogens is 266 g/mol. The van der Waals surface area contributed by atoms with Crippen LogP contribution < -0.4 is 0 Å². The second-order valence-corrected chi connectivity index (χ2v) is 6.33. The van der Waals surface area contributed by atoms with E-state index in [1.165, 1.54) is 11.1 Å². The smallest absolute Gasteiger partial charge is 0.305 e. The Morgan fingerprint density at radius 1 is 1.38 bits per heavy atom. The minimum Gasteiger partial charge on any atom is -0.481 e. The molecule has 2 aliphatic rings. The van der Waals surface area contributed by atoms with Crippen LogP contribution in [0.5, 0.6) is 0 Å². The first-order chi connectivity index (χ1) is 10.0. The zero-order chi connectivity index (χ0) is 15.0. The van der Waals surface area contributed by atoms with Gasteiger partial charge in [0.1, 0.15) is 0 Å². The Kier molecular flexibility index (Phi) is 3.47. The average molecular weight is 287 g/mol. The number of benzene rings is 1. The highest BCUT2D eigenvalue weighted by Gasteiger charge is 2.60. The van der Waals surface area contributed by atoms with Gasteiger partial charge in [-0.05, 0) is 36.8 Å². The van der Waals surface area contributed by atoms with Crippen LogP contribution in [0.3, 0.4) is 0 Å². The summed E-state index contributed by atoms with van der Waals surface area (Å²) >= 11 is 0. The van der Waals surface area contributed by atoms with E-state index in [1.807, 2.05) is 0 Å². The Balaban J connectivity index is 1.74. The highest BCUT2D eigenvalue weighted by molar-refractivity contribution is 5.85. The van der Waals surface area contributed by atoms with E-state index in [1.54, 1.807) is 11.9 Å². The minimum atomic E-state index is -0.858. The van der Waals surface area contributed by atoms with Crippen LogP contribution in [-0.2, 0) is 21.4 Å². The molecule has 21 heavy (non-hydrogen) atoms. The lowest BCUT2D eigenvalue weighted by atomic mass is 9.78. The number of carbonyl (C=O) groups is 2. The van der Waals surface area contributed by atoms with Crippen molar-refractivity contribution >= 4 is 11.9 Å². The van der Waals surface area contributed by atoms with E-state index in [4.69, 9.17) is 5.11 Å². The molecule has 1 amide bonds. The highest BCUT2D eigenvalue weighted by atomic mass is 16.4. The van der Waals surface area contributed by atoms with E-state index >= 15 is 0 Å². The van der Waals surface area contributed by atoms with Gasteiger partial charge in [0.2, 0.25) is 5.91 Å². The molecule has 4 nitrogen and oxygen atoms in total. The van der Waals surface area contributed by atoms with Gasteiger partial charge in [0, 0.05) is 24.9 Å². The number of aryl methyl sites for hydroxylation is 1. The lowest BCUT2D eigenvalue weighted by Crippen LogP contribution is -2.33. The van der Waals surface area contributed by atoms with Gasteiger partial charge in [0.25, 0.3) is 0 Å². The summed E-state index contributed by atoms with van der Waals surface area (Å²) < 4.78 is 0. The van der Waals surface area contributed by atoms with Gasteiger partial charge in [-0.2, -0.15) is 0 Å². The molecule has 1 fully saturated rings. The zero-order valence-electron chi connectivity index (χ0n) is 12.3. The molecule has 1 N–H and O–H groups in total. The predicted octanol–water partition coefficient (Wildman–Crippen LogP) is 2.21. The van der Waals surface area contributed by atoms with Crippen molar-refractivity contribution in [2.75, 3.05) is 13.6 Å². The first-order valence-corrected chi connectivity index (χ1v) is 7.60. The first kappa shape index (κ1) is 14.1. The summed E-state index contributed by atoms with van der Waals surface area (Å²) in [6.45, 7) is 0.294.